The van der Waals surface area contributed by atoms with E-state index in [1.165, 1.54) is 0 Å². The van der Waals surface area contributed by atoms with Gasteiger partial charge in [0, 0.05) is 19.0 Å². The molecule has 1 aromatic rings. The maximum absolute atomic E-state index is 11.3. The molecule has 0 bridgehead atoms. The molecule has 0 aliphatic rings. The number of hydrogen-bond donors (Lipinski definition) is 3. The Morgan fingerprint density at radius 1 is 1.38 bits per heavy atom. The number of nitrogens with one attached hydrogen (secondary N) is 1. The first kappa shape index (κ1) is 12.7. The molecule has 1 rings (SSSR count). The van der Waals surface area contributed by atoms with E-state index in [0.29, 0.717) is 13.0 Å². The maximum atomic E-state index is 11.3. The second kappa shape index (κ2) is 6.25. The minimum absolute atomic E-state index is 0.0390. The summed E-state index contributed by atoms with van der Waals surface area (Å²) in [6, 6.07) is 7.34. The smallest absolute Gasteiger partial charge is 0.221 e. The van der Waals surface area contributed by atoms with Crippen LogP contribution in [0.5, 0.6) is 0 Å². The van der Waals surface area contributed by atoms with E-state index in [1.54, 1.807) is 6.92 Å². The van der Waals surface area contributed by atoms with Gasteiger partial charge < -0.3 is 16.2 Å². The first-order valence-corrected chi connectivity index (χ1v) is 5.32. The zero-order valence-electron chi connectivity index (χ0n) is 9.44. The molecule has 0 saturated carbocycles. The van der Waals surface area contributed by atoms with E-state index in [9.17, 15) is 4.79 Å². The molecule has 1 amide bonds. The van der Waals surface area contributed by atoms with E-state index in [0.717, 1.165) is 11.1 Å². The number of amides is 1. The highest BCUT2D eigenvalue weighted by Crippen LogP contribution is 2.04. The molecule has 88 valence electrons. The van der Waals surface area contributed by atoms with Crippen LogP contribution in [0.15, 0.2) is 24.3 Å². The second-order valence-electron chi connectivity index (χ2n) is 3.93. The Labute approximate surface area is 95.5 Å². The van der Waals surface area contributed by atoms with Crippen molar-refractivity contribution in [1.29, 1.82) is 0 Å². The molecule has 4 nitrogen and oxygen atoms in total. The third-order valence-electron chi connectivity index (χ3n) is 2.20. The summed E-state index contributed by atoms with van der Waals surface area (Å²) >= 11 is 0. The van der Waals surface area contributed by atoms with Crippen molar-refractivity contribution in [2.75, 3.05) is 0 Å². The highest BCUT2D eigenvalue weighted by molar-refractivity contribution is 5.76. The normalized spacial score (nSPS) is 12.2. The predicted molar refractivity (Wildman–Crippen MR) is 62.5 cm³/mol. The van der Waals surface area contributed by atoms with Crippen LogP contribution in [0.25, 0.3) is 0 Å². The van der Waals surface area contributed by atoms with Crippen LogP contribution in [0.2, 0.25) is 0 Å². The van der Waals surface area contributed by atoms with Gasteiger partial charge in [0.05, 0.1) is 6.61 Å². The van der Waals surface area contributed by atoms with Crippen LogP contribution in [0.4, 0.5) is 0 Å². The number of benzene rings is 1. The molecule has 4 heteroatoms. The van der Waals surface area contributed by atoms with E-state index < -0.39 is 0 Å². The molecule has 0 aliphatic carbocycles. The van der Waals surface area contributed by atoms with Crippen molar-refractivity contribution in [3.05, 3.63) is 35.4 Å². The van der Waals surface area contributed by atoms with Gasteiger partial charge in [-0.1, -0.05) is 24.3 Å². The Balaban J connectivity index is 2.39. The summed E-state index contributed by atoms with van der Waals surface area (Å²) in [5.74, 6) is -0.0405. The number of rotatable bonds is 5. The molecule has 0 radical (unpaired) electrons. The highest BCUT2D eigenvalue weighted by atomic mass is 16.3. The van der Waals surface area contributed by atoms with Gasteiger partial charge in [0.1, 0.15) is 0 Å². The number of aliphatic hydroxyl groups is 1. The average Bonchev–Trinajstić information content (AvgIpc) is 2.26. The number of carbonyl (C=O) groups excluding carboxylic acids is 1. The molecule has 0 aliphatic heterocycles. The lowest BCUT2D eigenvalue weighted by atomic mass is 10.1. The second-order valence-corrected chi connectivity index (χ2v) is 3.93. The van der Waals surface area contributed by atoms with Gasteiger partial charge in [-0.2, -0.15) is 0 Å². The molecule has 1 atom stereocenters. The molecule has 0 saturated heterocycles. The zero-order chi connectivity index (χ0) is 12.0. The lowest BCUT2D eigenvalue weighted by Crippen LogP contribution is -2.29. The molecule has 0 spiro atoms. The van der Waals surface area contributed by atoms with Gasteiger partial charge in [-0.05, 0) is 18.1 Å². The minimum Gasteiger partial charge on any atom is -0.392 e. The van der Waals surface area contributed by atoms with Crippen LogP contribution in [0.3, 0.4) is 0 Å². The van der Waals surface area contributed by atoms with Crippen molar-refractivity contribution in [3.8, 4) is 0 Å². The van der Waals surface area contributed by atoms with E-state index >= 15 is 0 Å². The summed E-state index contributed by atoms with van der Waals surface area (Å²) in [5, 5.41) is 11.6. The molecule has 1 unspecified atom stereocenters. The zero-order valence-corrected chi connectivity index (χ0v) is 9.44. The number of hydrogen-bond acceptors (Lipinski definition) is 3. The fourth-order valence-electron chi connectivity index (χ4n) is 1.33. The third kappa shape index (κ3) is 4.42. The summed E-state index contributed by atoms with van der Waals surface area (Å²) in [6.07, 6.45) is 0.342. The Bertz CT molecular complexity index is 333. The quantitative estimate of drug-likeness (QED) is 0.680. The van der Waals surface area contributed by atoms with E-state index in [-0.39, 0.29) is 18.6 Å². The molecular weight excluding hydrogens is 204 g/mol. The summed E-state index contributed by atoms with van der Waals surface area (Å²) in [4.78, 5) is 11.3. The third-order valence-corrected chi connectivity index (χ3v) is 2.20. The topological polar surface area (TPSA) is 75.4 Å². The van der Waals surface area contributed by atoms with Crippen molar-refractivity contribution in [1.82, 2.24) is 5.32 Å². The lowest BCUT2D eigenvalue weighted by Gasteiger charge is -2.07. The van der Waals surface area contributed by atoms with Crippen molar-refractivity contribution in [3.63, 3.8) is 0 Å². The monoisotopic (exact) mass is 222 g/mol. The number of nitrogens with two attached hydrogens (primary N) is 1. The van der Waals surface area contributed by atoms with Crippen LogP contribution in [0.1, 0.15) is 24.5 Å². The lowest BCUT2D eigenvalue weighted by molar-refractivity contribution is -0.121. The van der Waals surface area contributed by atoms with Gasteiger partial charge >= 0.3 is 0 Å². The maximum Gasteiger partial charge on any atom is 0.221 e. The van der Waals surface area contributed by atoms with Crippen LogP contribution in [-0.2, 0) is 17.9 Å². The molecule has 0 aromatic heterocycles. The molecule has 0 fully saturated rings. The van der Waals surface area contributed by atoms with Crippen molar-refractivity contribution < 1.29 is 9.90 Å². The van der Waals surface area contributed by atoms with Crippen LogP contribution in [-0.4, -0.2) is 17.1 Å². The number of aliphatic hydroxyl groups excluding tert-OH is 1. The predicted octanol–water partition coefficient (Wildman–Crippen LogP) is 0.532. The van der Waals surface area contributed by atoms with E-state index in [4.69, 9.17) is 10.8 Å². The largest absolute Gasteiger partial charge is 0.392 e. The fourth-order valence-corrected chi connectivity index (χ4v) is 1.33. The number of carbonyl (C=O) groups is 1. The standard InChI is InChI=1S/C12H18N2O2/c1-9(13)6-12(16)14-7-10-2-4-11(8-15)5-3-10/h2-5,9,15H,6-8,13H2,1H3,(H,14,16). The molecule has 1 aromatic carbocycles. The summed E-state index contributed by atoms with van der Waals surface area (Å²) in [5.41, 5.74) is 7.39. The van der Waals surface area contributed by atoms with Gasteiger partial charge in [-0.25, -0.2) is 0 Å². The molecular formula is C12H18N2O2. The van der Waals surface area contributed by atoms with E-state index in [2.05, 4.69) is 5.32 Å². The van der Waals surface area contributed by atoms with E-state index in [1.807, 2.05) is 24.3 Å². The summed E-state index contributed by atoms with van der Waals surface area (Å²) < 4.78 is 0. The molecule has 0 heterocycles. The van der Waals surface area contributed by atoms with Crippen LogP contribution < -0.4 is 11.1 Å². The Kier molecular flexibility index (Phi) is 4.95. The van der Waals surface area contributed by atoms with Crippen molar-refractivity contribution in [2.45, 2.75) is 32.5 Å². The first-order chi connectivity index (χ1) is 7.61. The van der Waals surface area contributed by atoms with Crippen LogP contribution in [0, 0.1) is 0 Å². The minimum atomic E-state index is -0.114. The van der Waals surface area contributed by atoms with Crippen LogP contribution >= 0.6 is 0 Å². The molecule has 16 heavy (non-hydrogen) atoms. The van der Waals surface area contributed by atoms with Gasteiger partial charge in [-0.15, -0.1) is 0 Å². The highest BCUT2D eigenvalue weighted by Gasteiger charge is 2.04. The van der Waals surface area contributed by atoms with Gasteiger partial charge in [0.2, 0.25) is 5.91 Å². The Morgan fingerprint density at radius 3 is 2.44 bits per heavy atom. The van der Waals surface area contributed by atoms with Crippen molar-refractivity contribution >= 4 is 5.91 Å². The Morgan fingerprint density at radius 2 is 1.94 bits per heavy atom. The fraction of sp³-hybridized carbons (Fsp3) is 0.417. The van der Waals surface area contributed by atoms with Crippen molar-refractivity contribution in [2.24, 2.45) is 5.73 Å². The summed E-state index contributed by atoms with van der Waals surface area (Å²) in [7, 11) is 0. The van der Waals surface area contributed by atoms with Gasteiger partial charge in [0.25, 0.3) is 0 Å². The summed E-state index contributed by atoms with van der Waals surface area (Å²) in [6.45, 7) is 2.34. The average molecular weight is 222 g/mol. The van der Waals surface area contributed by atoms with Gasteiger partial charge in [-0.3, -0.25) is 4.79 Å². The first-order valence-electron chi connectivity index (χ1n) is 5.32. The SMILES string of the molecule is CC(N)CC(=O)NCc1ccc(CO)cc1. The molecule has 4 N–H and O–H groups in total. The van der Waals surface area contributed by atoms with Gasteiger partial charge in [0.15, 0.2) is 0 Å². The Hall–Kier alpha value is -1.39.